The zero-order valence-corrected chi connectivity index (χ0v) is 15.0. The van der Waals surface area contributed by atoms with Crippen LogP contribution in [0.3, 0.4) is 0 Å². The second-order valence-corrected chi connectivity index (χ2v) is 7.02. The Labute approximate surface area is 153 Å². The van der Waals surface area contributed by atoms with E-state index in [1.807, 2.05) is 0 Å². The van der Waals surface area contributed by atoms with Crippen LogP contribution in [-0.2, 0) is 7.05 Å². The number of rotatable bonds is 1. The molecular weight excluding hydrogens is 314 g/mol. The van der Waals surface area contributed by atoms with E-state index in [1.54, 1.807) is 0 Å². The van der Waals surface area contributed by atoms with E-state index < -0.39 is 0 Å². The van der Waals surface area contributed by atoms with Gasteiger partial charge in [0.1, 0.15) is 7.05 Å². The molecule has 0 spiro atoms. The molecule has 0 amide bonds. The molecular formula is C25H20N+. The number of aromatic nitrogens is 1. The molecule has 1 aromatic heterocycles. The minimum absolute atomic E-state index is 1.25. The molecule has 0 bridgehead atoms. The first kappa shape index (κ1) is 15.1. The van der Waals surface area contributed by atoms with Crippen LogP contribution in [-0.4, -0.2) is 0 Å². The van der Waals surface area contributed by atoms with Crippen molar-refractivity contribution in [2.45, 2.75) is 6.92 Å². The molecule has 0 N–H and O–H groups in total. The maximum Gasteiger partial charge on any atom is 0.213 e. The molecule has 0 aliphatic carbocycles. The van der Waals surface area contributed by atoms with Gasteiger partial charge in [0.25, 0.3) is 0 Å². The molecule has 1 heteroatoms. The number of benzene rings is 4. The van der Waals surface area contributed by atoms with Gasteiger partial charge in [0, 0.05) is 22.4 Å². The fourth-order valence-corrected chi connectivity index (χ4v) is 4.08. The molecule has 1 heterocycles. The van der Waals surface area contributed by atoms with Crippen LogP contribution in [0.1, 0.15) is 5.56 Å². The van der Waals surface area contributed by atoms with Crippen molar-refractivity contribution >= 4 is 32.3 Å². The molecule has 0 unspecified atom stereocenters. The molecule has 5 aromatic rings. The molecule has 0 radical (unpaired) electrons. The second kappa shape index (κ2) is 5.67. The van der Waals surface area contributed by atoms with Crippen LogP contribution >= 0.6 is 0 Å². The third-order valence-electron chi connectivity index (χ3n) is 5.47. The van der Waals surface area contributed by atoms with Gasteiger partial charge in [0.05, 0.1) is 0 Å². The highest BCUT2D eigenvalue weighted by Crippen LogP contribution is 2.31. The Morgan fingerprint density at radius 1 is 0.615 bits per heavy atom. The van der Waals surface area contributed by atoms with Gasteiger partial charge in [-0.15, -0.1) is 0 Å². The maximum atomic E-state index is 2.34. The van der Waals surface area contributed by atoms with E-state index in [2.05, 4.69) is 104 Å². The van der Waals surface area contributed by atoms with Gasteiger partial charge in [-0.1, -0.05) is 60.7 Å². The Morgan fingerprint density at radius 3 is 2.04 bits per heavy atom. The SMILES string of the molecule is Cc1c(-c2cc3c(ccc4ccccc43)c[n+]2C)ccc2ccccc12. The largest absolute Gasteiger partial charge is 0.213 e. The fraction of sp³-hybridized carbons (Fsp3) is 0.0800. The fourth-order valence-electron chi connectivity index (χ4n) is 4.08. The summed E-state index contributed by atoms with van der Waals surface area (Å²) < 4.78 is 2.24. The average molecular weight is 334 g/mol. The van der Waals surface area contributed by atoms with Gasteiger partial charge < -0.3 is 0 Å². The average Bonchev–Trinajstić information content (AvgIpc) is 2.68. The van der Waals surface area contributed by atoms with E-state index in [-0.39, 0.29) is 0 Å². The monoisotopic (exact) mass is 334 g/mol. The highest BCUT2D eigenvalue weighted by Gasteiger charge is 2.16. The second-order valence-electron chi connectivity index (χ2n) is 7.02. The summed E-state index contributed by atoms with van der Waals surface area (Å²) >= 11 is 0. The summed E-state index contributed by atoms with van der Waals surface area (Å²) in [7, 11) is 2.14. The van der Waals surface area contributed by atoms with Crippen LogP contribution in [0.5, 0.6) is 0 Å². The third-order valence-corrected chi connectivity index (χ3v) is 5.47. The number of hydrogen-bond donors (Lipinski definition) is 0. The molecule has 0 aliphatic heterocycles. The minimum atomic E-state index is 1.25. The van der Waals surface area contributed by atoms with Gasteiger partial charge in [-0.3, -0.25) is 0 Å². The van der Waals surface area contributed by atoms with Crippen molar-refractivity contribution in [2.75, 3.05) is 0 Å². The number of fused-ring (bicyclic) bond motifs is 4. The van der Waals surface area contributed by atoms with E-state index in [0.29, 0.717) is 0 Å². The van der Waals surface area contributed by atoms with Crippen LogP contribution in [0.2, 0.25) is 0 Å². The quantitative estimate of drug-likeness (QED) is 0.263. The Balaban J connectivity index is 1.85. The van der Waals surface area contributed by atoms with Crippen LogP contribution in [0.15, 0.2) is 85.1 Å². The molecule has 124 valence electrons. The topological polar surface area (TPSA) is 3.88 Å². The van der Waals surface area contributed by atoms with Gasteiger partial charge in [0.2, 0.25) is 5.69 Å². The summed E-state index contributed by atoms with van der Waals surface area (Å²) in [6.07, 6.45) is 2.24. The zero-order chi connectivity index (χ0) is 17.7. The van der Waals surface area contributed by atoms with E-state index in [9.17, 15) is 0 Å². The molecule has 0 aliphatic rings. The zero-order valence-electron chi connectivity index (χ0n) is 15.0. The third kappa shape index (κ3) is 2.21. The van der Waals surface area contributed by atoms with Crippen molar-refractivity contribution in [3.63, 3.8) is 0 Å². The first-order valence-corrected chi connectivity index (χ1v) is 9.02. The van der Waals surface area contributed by atoms with Gasteiger partial charge in [-0.2, -0.15) is 0 Å². The predicted molar refractivity (Wildman–Crippen MR) is 110 cm³/mol. The van der Waals surface area contributed by atoms with Crippen molar-refractivity contribution in [3.05, 3.63) is 90.6 Å². The Bertz CT molecular complexity index is 1300. The smallest absolute Gasteiger partial charge is 0.200 e. The van der Waals surface area contributed by atoms with Crippen molar-refractivity contribution < 1.29 is 4.57 Å². The van der Waals surface area contributed by atoms with Crippen LogP contribution in [0.25, 0.3) is 43.6 Å². The van der Waals surface area contributed by atoms with Gasteiger partial charge in [-0.25, -0.2) is 4.57 Å². The number of pyridine rings is 1. The Kier molecular flexibility index (Phi) is 3.29. The lowest BCUT2D eigenvalue weighted by Crippen LogP contribution is -2.30. The van der Waals surface area contributed by atoms with Crippen LogP contribution < -0.4 is 4.57 Å². The summed E-state index contributed by atoms with van der Waals surface area (Å²) in [4.78, 5) is 0. The number of aryl methyl sites for hydroxylation is 2. The lowest BCUT2D eigenvalue weighted by molar-refractivity contribution is -0.659. The normalized spacial score (nSPS) is 11.5. The number of nitrogens with zero attached hydrogens (tertiary/aromatic N) is 1. The number of hydrogen-bond acceptors (Lipinski definition) is 0. The predicted octanol–water partition coefficient (Wildman–Crippen LogP) is 5.95. The standard InChI is InChI=1S/C25H20N/c1-17-21-9-5-3-7-18(21)13-14-22(17)25-15-24-20(16-26(25)2)12-11-19-8-4-6-10-23(19)24/h3-16H,1-2H3/q+1. The van der Waals surface area contributed by atoms with Crippen molar-refractivity contribution in [1.82, 2.24) is 0 Å². The van der Waals surface area contributed by atoms with Gasteiger partial charge >= 0.3 is 0 Å². The molecule has 0 atom stereocenters. The highest BCUT2D eigenvalue weighted by molar-refractivity contribution is 6.08. The van der Waals surface area contributed by atoms with Crippen LogP contribution in [0, 0.1) is 6.92 Å². The van der Waals surface area contributed by atoms with Crippen molar-refractivity contribution in [1.29, 1.82) is 0 Å². The maximum absolute atomic E-state index is 2.34. The van der Waals surface area contributed by atoms with Crippen LogP contribution in [0.4, 0.5) is 0 Å². The summed E-state index contributed by atoms with van der Waals surface area (Å²) in [5.74, 6) is 0. The lowest BCUT2D eigenvalue weighted by atomic mass is 9.95. The van der Waals surface area contributed by atoms with E-state index >= 15 is 0 Å². The highest BCUT2D eigenvalue weighted by atomic mass is 14.9. The summed E-state index contributed by atoms with van der Waals surface area (Å²) in [5.41, 5.74) is 3.87. The van der Waals surface area contributed by atoms with E-state index in [0.717, 1.165) is 0 Å². The molecule has 5 rings (SSSR count). The molecule has 4 aromatic carbocycles. The van der Waals surface area contributed by atoms with E-state index in [1.165, 1.54) is 49.1 Å². The molecule has 0 saturated heterocycles. The van der Waals surface area contributed by atoms with Crippen molar-refractivity contribution in [3.8, 4) is 11.3 Å². The Hall–Kier alpha value is -3.19. The minimum Gasteiger partial charge on any atom is -0.200 e. The molecule has 0 saturated carbocycles. The Morgan fingerprint density at radius 2 is 1.23 bits per heavy atom. The molecule has 0 fully saturated rings. The summed E-state index contributed by atoms with van der Waals surface area (Å²) in [5, 5.41) is 7.79. The summed E-state index contributed by atoms with van der Waals surface area (Å²) in [6.45, 7) is 2.23. The first-order chi connectivity index (χ1) is 12.7. The first-order valence-electron chi connectivity index (χ1n) is 9.02. The summed E-state index contributed by atoms with van der Waals surface area (Å²) in [6, 6.07) is 28.5. The molecule has 26 heavy (non-hydrogen) atoms. The lowest BCUT2D eigenvalue weighted by Gasteiger charge is -2.10. The van der Waals surface area contributed by atoms with Gasteiger partial charge in [0.15, 0.2) is 6.20 Å². The van der Waals surface area contributed by atoms with Crippen molar-refractivity contribution in [2.24, 2.45) is 7.05 Å². The molecule has 1 nitrogen and oxygen atoms in total. The van der Waals surface area contributed by atoms with E-state index in [4.69, 9.17) is 0 Å². The van der Waals surface area contributed by atoms with Gasteiger partial charge in [-0.05, 0) is 46.2 Å².